The fourth-order valence-corrected chi connectivity index (χ4v) is 3.75. The van der Waals surface area contributed by atoms with E-state index in [4.69, 9.17) is 0 Å². The van der Waals surface area contributed by atoms with Gasteiger partial charge in [-0.15, -0.1) is 11.3 Å². The summed E-state index contributed by atoms with van der Waals surface area (Å²) in [7, 11) is 0. The standard InChI is InChI=1S/C12H13BrN2S/c13-12-6-5-9(16-12)7-15-8-14-10-3-1-2-4-11(10)15/h5-6,8H,1-4,7H2. The lowest BCUT2D eigenvalue weighted by atomic mass is 10.0. The SMILES string of the molecule is Brc1ccc(Cn2cnc3c2CCCC3)s1. The molecule has 0 aromatic carbocycles. The van der Waals surface area contributed by atoms with Crippen molar-refractivity contribution >= 4 is 27.3 Å². The predicted octanol–water partition coefficient (Wildman–Crippen LogP) is 3.63. The van der Waals surface area contributed by atoms with E-state index in [-0.39, 0.29) is 0 Å². The number of nitrogens with zero attached hydrogens (tertiary/aromatic N) is 2. The first kappa shape index (κ1) is 10.5. The molecule has 0 unspecified atom stereocenters. The average Bonchev–Trinajstić information content (AvgIpc) is 2.87. The fourth-order valence-electron chi connectivity index (χ4n) is 2.27. The Balaban J connectivity index is 1.87. The highest BCUT2D eigenvalue weighted by Crippen LogP contribution is 2.25. The normalized spacial score (nSPS) is 15.1. The molecule has 0 amide bonds. The molecule has 0 radical (unpaired) electrons. The summed E-state index contributed by atoms with van der Waals surface area (Å²) in [5, 5.41) is 0. The van der Waals surface area contributed by atoms with E-state index in [0.29, 0.717) is 0 Å². The van der Waals surface area contributed by atoms with Crippen LogP contribution in [0.4, 0.5) is 0 Å². The highest BCUT2D eigenvalue weighted by molar-refractivity contribution is 9.11. The number of aromatic nitrogens is 2. The van der Waals surface area contributed by atoms with Crippen molar-refractivity contribution in [3.05, 3.63) is 38.5 Å². The number of aryl methyl sites for hydroxylation is 1. The second kappa shape index (κ2) is 4.34. The van der Waals surface area contributed by atoms with Gasteiger partial charge in [-0.3, -0.25) is 0 Å². The minimum Gasteiger partial charge on any atom is -0.329 e. The highest BCUT2D eigenvalue weighted by atomic mass is 79.9. The number of rotatable bonds is 2. The van der Waals surface area contributed by atoms with Crippen molar-refractivity contribution in [2.75, 3.05) is 0 Å². The zero-order valence-electron chi connectivity index (χ0n) is 8.95. The number of fused-ring (bicyclic) bond motifs is 1. The Kier molecular flexibility index (Phi) is 2.86. The minimum absolute atomic E-state index is 0.971. The monoisotopic (exact) mass is 296 g/mol. The van der Waals surface area contributed by atoms with E-state index in [1.54, 1.807) is 11.3 Å². The minimum atomic E-state index is 0.971. The molecule has 0 fully saturated rings. The summed E-state index contributed by atoms with van der Waals surface area (Å²) in [5.74, 6) is 0. The topological polar surface area (TPSA) is 17.8 Å². The summed E-state index contributed by atoms with van der Waals surface area (Å²) in [6.45, 7) is 0.971. The van der Waals surface area contributed by atoms with E-state index >= 15 is 0 Å². The van der Waals surface area contributed by atoms with E-state index in [9.17, 15) is 0 Å². The lowest BCUT2D eigenvalue weighted by Crippen LogP contribution is -2.08. The van der Waals surface area contributed by atoms with Gasteiger partial charge in [-0.1, -0.05) is 0 Å². The van der Waals surface area contributed by atoms with Gasteiger partial charge in [0.05, 0.1) is 22.4 Å². The summed E-state index contributed by atoms with van der Waals surface area (Å²) in [4.78, 5) is 5.90. The van der Waals surface area contributed by atoms with Gasteiger partial charge in [-0.2, -0.15) is 0 Å². The molecule has 4 heteroatoms. The van der Waals surface area contributed by atoms with Gasteiger partial charge in [-0.05, 0) is 53.7 Å². The zero-order chi connectivity index (χ0) is 11.0. The van der Waals surface area contributed by atoms with Crippen LogP contribution >= 0.6 is 27.3 Å². The molecule has 0 saturated carbocycles. The van der Waals surface area contributed by atoms with Gasteiger partial charge in [0.1, 0.15) is 0 Å². The average molecular weight is 297 g/mol. The molecule has 2 aromatic heterocycles. The third-order valence-electron chi connectivity index (χ3n) is 3.06. The van der Waals surface area contributed by atoms with Gasteiger partial charge >= 0.3 is 0 Å². The van der Waals surface area contributed by atoms with E-state index in [0.717, 1.165) is 13.0 Å². The Labute approximate surface area is 107 Å². The molecule has 0 aliphatic heterocycles. The zero-order valence-corrected chi connectivity index (χ0v) is 11.4. The van der Waals surface area contributed by atoms with Gasteiger partial charge in [-0.25, -0.2) is 4.98 Å². The van der Waals surface area contributed by atoms with Gasteiger partial charge in [0, 0.05) is 10.6 Å². The Morgan fingerprint density at radius 3 is 3.00 bits per heavy atom. The first-order valence-electron chi connectivity index (χ1n) is 5.60. The van der Waals surface area contributed by atoms with Crippen LogP contribution in [0.15, 0.2) is 22.2 Å². The summed E-state index contributed by atoms with van der Waals surface area (Å²) >= 11 is 5.31. The molecule has 0 spiro atoms. The van der Waals surface area contributed by atoms with Crippen LogP contribution in [0.2, 0.25) is 0 Å². The van der Waals surface area contributed by atoms with Crippen molar-refractivity contribution in [1.82, 2.24) is 9.55 Å². The molecule has 0 bridgehead atoms. The summed E-state index contributed by atoms with van der Waals surface area (Å²) < 4.78 is 3.52. The molecule has 16 heavy (non-hydrogen) atoms. The van der Waals surface area contributed by atoms with E-state index in [1.165, 1.54) is 39.3 Å². The maximum Gasteiger partial charge on any atom is 0.0955 e. The Bertz CT molecular complexity index is 501. The second-order valence-electron chi connectivity index (χ2n) is 4.18. The molecule has 0 N–H and O–H groups in total. The lowest BCUT2D eigenvalue weighted by molar-refractivity contribution is 0.630. The second-order valence-corrected chi connectivity index (χ2v) is 6.73. The molecule has 2 heterocycles. The van der Waals surface area contributed by atoms with Crippen molar-refractivity contribution < 1.29 is 0 Å². The van der Waals surface area contributed by atoms with E-state index in [2.05, 4.69) is 37.6 Å². The summed E-state index contributed by atoms with van der Waals surface area (Å²) in [6, 6.07) is 4.30. The molecule has 84 valence electrons. The largest absolute Gasteiger partial charge is 0.329 e. The summed E-state index contributed by atoms with van der Waals surface area (Å²) in [6.07, 6.45) is 6.98. The van der Waals surface area contributed by atoms with Crippen LogP contribution < -0.4 is 0 Å². The molecular weight excluding hydrogens is 284 g/mol. The first-order valence-corrected chi connectivity index (χ1v) is 7.21. The van der Waals surface area contributed by atoms with Gasteiger partial charge in [0.2, 0.25) is 0 Å². The Morgan fingerprint density at radius 1 is 1.31 bits per heavy atom. The number of halogens is 1. The van der Waals surface area contributed by atoms with Crippen LogP contribution in [0.25, 0.3) is 0 Å². The molecule has 1 aliphatic rings. The van der Waals surface area contributed by atoms with Crippen molar-refractivity contribution in [3.63, 3.8) is 0 Å². The van der Waals surface area contributed by atoms with Crippen molar-refractivity contribution in [2.45, 2.75) is 32.2 Å². The number of imidazole rings is 1. The number of hydrogen-bond acceptors (Lipinski definition) is 2. The van der Waals surface area contributed by atoms with Crippen molar-refractivity contribution in [3.8, 4) is 0 Å². The molecule has 1 aliphatic carbocycles. The van der Waals surface area contributed by atoms with Crippen LogP contribution in [0, 0.1) is 0 Å². The smallest absolute Gasteiger partial charge is 0.0955 e. The molecular formula is C12H13BrN2S. The van der Waals surface area contributed by atoms with Crippen molar-refractivity contribution in [2.24, 2.45) is 0 Å². The Morgan fingerprint density at radius 2 is 2.19 bits per heavy atom. The third-order valence-corrected chi connectivity index (χ3v) is 4.67. The maximum atomic E-state index is 4.52. The molecule has 0 saturated heterocycles. The fraction of sp³-hybridized carbons (Fsp3) is 0.417. The van der Waals surface area contributed by atoms with Gasteiger partial charge in [0.15, 0.2) is 0 Å². The van der Waals surface area contributed by atoms with Gasteiger partial charge < -0.3 is 4.57 Å². The third kappa shape index (κ3) is 1.96. The summed E-state index contributed by atoms with van der Waals surface area (Å²) in [5.41, 5.74) is 2.78. The molecule has 2 nitrogen and oxygen atoms in total. The number of hydrogen-bond donors (Lipinski definition) is 0. The maximum absolute atomic E-state index is 4.52. The van der Waals surface area contributed by atoms with Crippen molar-refractivity contribution in [1.29, 1.82) is 0 Å². The van der Waals surface area contributed by atoms with Gasteiger partial charge in [0.25, 0.3) is 0 Å². The quantitative estimate of drug-likeness (QED) is 0.827. The van der Waals surface area contributed by atoms with Crippen LogP contribution in [0.1, 0.15) is 29.1 Å². The highest BCUT2D eigenvalue weighted by Gasteiger charge is 2.15. The first-order chi connectivity index (χ1) is 7.83. The van der Waals surface area contributed by atoms with Crippen LogP contribution in [-0.2, 0) is 19.4 Å². The van der Waals surface area contributed by atoms with Crippen LogP contribution in [0.3, 0.4) is 0 Å². The lowest BCUT2D eigenvalue weighted by Gasteiger charge is -2.13. The van der Waals surface area contributed by atoms with E-state index in [1.807, 2.05) is 6.33 Å². The molecule has 2 aromatic rings. The van der Waals surface area contributed by atoms with Crippen LogP contribution in [0.5, 0.6) is 0 Å². The molecule has 3 rings (SSSR count). The number of thiophene rings is 1. The van der Waals surface area contributed by atoms with Crippen LogP contribution in [-0.4, -0.2) is 9.55 Å². The predicted molar refractivity (Wildman–Crippen MR) is 70.0 cm³/mol. The molecule has 0 atom stereocenters. The Hall–Kier alpha value is -0.610. The van der Waals surface area contributed by atoms with E-state index < -0.39 is 0 Å².